The van der Waals surface area contributed by atoms with Crippen LogP contribution in [-0.4, -0.2) is 33.7 Å². The second kappa shape index (κ2) is 7.48. The fraction of sp³-hybridized carbons (Fsp3) is 0.600. The van der Waals surface area contributed by atoms with E-state index in [2.05, 4.69) is 23.9 Å². The van der Waals surface area contributed by atoms with Gasteiger partial charge in [-0.15, -0.1) is 24.0 Å². The van der Waals surface area contributed by atoms with Gasteiger partial charge >= 0.3 is 0 Å². The highest BCUT2D eigenvalue weighted by Crippen LogP contribution is 1.99. The molecule has 0 aliphatic heterocycles. The fourth-order valence-corrected chi connectivity index (χ4v) is 1.37. The van der Waals surface area contributed by atoms with Crippen LogP contribution in [0.15, 0.2) is 17.4 Å². The van der Waals surface area contributed by atoms with E-state index in [1.807, 2.05) is 18.1 Å². The quantitative estimate of drug-likeness (QED) is 0.510. The van der Waals surface area contributed by atoms with Gasteiger partial charge in [-0.2, -0.15) is 5.10 Å². The van der Waals surface area contributed by atoms with Crippen LogP contribution in [0.3, 0.4) is 0 Å². The molecule has 0 atom stereocenters. The summed E-state index contributed by atoms with van der Waals surface area (Å²) in [6, 6.07) is 0. The molecule has 1 rings (SSSR count). The van der Waals surface area contributed by atoms with Crippen molar-refractivity contribution in [3.63, 3.8) is 0 Å². The van der Waals surface area contributed by atoms with Gasteiger partial charge in [0.2, 0.25) is 0 Å². The molecule has 1 aromatic rings. The topological polar surface area (TPSA) is 59.4 Å². The maximum Gasteiger partial charge on any atom is 0.191 e. The zero-order chi connectivity index (χ0) is 11.3. The van der Waals surface area contributed by atoms with Crippen molar-refractivity contribution < 1.29 is 0 Å². The summed E-state index contributed by atoms with van der Waals surface area (Å²) in [5.74, 6) is 0.601. The van der Waals surface area contributed by atoms with Crippen molar-refractivity contribution in [3.8, 4) is 0 Å². The standard InChI is InChI=1S/C10H19N5.HI/c1-4-15(5-2)10(11)12-6-9-7-13-14(3)8-9;/h7-8H,4-6H2,1-3H3,(H2,11,12);1H. The predicted octanol–water partition coefficient (Wildman–Crippen LogP) is 1.19. The summed E-state index contributed by atoms with van der Waals surface area (Å²) < 4.78 is 1.76. The lowest BCUT2D eigenvalue weighted by molar-refractivity contribution is 0.458. The molecule has 0 spiro atoms. The molecule has 16 heavy (non-hydrogen) atoms. The van der Waals surface area contributed by atoms with E-state index in [0.717, 1.165) is 18.7 Å². The lowest BCUT2D eigenvalue weighted by atomic mass is 10.4. The fourth-order valence-electron chi connectivity index (χ4n) is 1.37. The van der Waals surface area contributed by atoms with Crippen LogP contribution in [0.5, 0.6) is 0 Å². The molecule has 0 radical (unpaired) electrons. The van der Waals surface area contributed by atoms with Crippen molar-refractivity contribution in [2.45, 2.75) is 20.4 Å². The third-order valence-corrected chi connectivity index (χ3v) is 2.27. The van der Waals surface area contributed by atoms with Gasteiger partial charge in [-0.1, -0.05) is 0 Å². The molecule has 5 nitrogen and oxygen atoms in total. The van der Waals surface area contributed by atoms with E-state index < -0.39 is 0 Å². The number of aromatic nitrogens is 2. The highest BCUT2D eigenvalue weighted by Gasteiger charge is 2.01. The first-order chi connectivity index (χ1) is 7.17. The number of rotatable bonds is 4. The Balaban J connectivity index is 0.00000225. The minimum absolute atomic E-state index is 0. The normalized spacial score (nSPS) is 11.1. The summed E-state index contributed by atoms with van der Waals surface area (Å²) in [4.78, 5) is 6.34. The van der Waals surface area contributed by atoms with Crippen molar-refractivity contribution in [2.24, 2.45) is 17.8 Å². The van der Waals surface area contributed by atoms with Crippen LogP contribution in [0.2, 0.25) is 0 Å². The van der Waals surface area contributed by atoms with Crippen LogP contribution in [0.4, 0.5) is 0 Å². The van der Waals surface area contributed by atoms with Crippen molar-refractivity contribution in [1.82, 2.24) is 14.7 Å². The van der Waals surface area contributed by atoms with Gasteiger partial charge in [-0.3, -0.25) is 4.68 Å². The molecule has 0 aliphatic carbocycles. The summed E-state index contributed by atoms with van der Waals surface area (Å²) in [5.41, 5.74) is 6.92. The van der Waals surface area contributed by atoms with Gasteiger partial charge in [0.15, 0.2) is 5.96 Å². The Kier molecular flexibility index (Phi) is 7.11. The van der Waals surface area contributed by atoms with E-state index in [-0.39, 0.29) is 24.0 Å². The molecule has 92 valence electrons. The van der Waals surface area contributed by atoms with Crippen LogP contribution in [0.25, 0.3) is 0 Å². The zero-order valence-corrected chi connectivity index (χ0v) is 12.4. The van der Waals surface area contributed by atoms with E-state index in [9.17, 15) is 0 Å². The maximum absolute atomic E-state index is 5.84. The molecule has 0 bridgehead atoms. The number of nitrogens with zero attached hydrogens (tertiary/aromatic N) is 4. The molecule has 0 unspecified atom stereocenters. The number of hydrogen-bond donors (Lipinski definition) is 1. The predicted molar refractivity (Wildman–Crippen MR) is 76.9 cm³/mol. The number of nitrogens with two attached hydrogens (primary N) is 1. The number of guanidine groups is 1. The highest BCUT2D eigenvalue weighted by molar-refractivity contribution is 14.0. The largest absolute Gasteiger partial charge is 0.370 e. The zero-order valence-electron chi connectivity index (χ0n) is 10.1. The molecular weight excluding hydrogens is 317 g/mol. The first-order valence-electron chi connectivity index (χ1n) is 5.19. The second-order valence-electron chi connectivity index (χ2n) is 3.37. The first-order valence-corrected chi connectivity index (χ1v) is 5.19. The molecule has 2 N–H and O–H groups in total. The lowest BCUT2D eigenvalue weighted by Crippen LogP contribution is -2.36. The minimum atomic E-state index is 0. The number of aliphatic imine (C=N–C) groups is 1. The summed E-state index contributed by atoms with van der Waals surface area (Å²) in [7, 11) is 1.89. The lowest BCUT2D eigenvalue weighted by Gasteiger charge is -2.19. The van der Waals surface area contributed by atoms with E-state index in [0.29, 0.717) is 12.5 Å². The Morgan fingerprint density at radius 1 is 1.50 bits per heavy atom. The van der Waals surface area contributed by atoms with Gasteiger partial charge in [-0.25, -0.2) is 4.99 Å². The van der Waals surface area contributed by atoms with Gasteiger partial charge in [0, 0.05) is 31.9 Å². The van der Waals surface area contributed by atoms with E-state index in [1.54, 1.807) is 10.9 Å². The number of hydrogen-bond acceptors (Lipinski definition) is 2. The molecule has 1 aromatic heterocycles. The number of halogens is 1. The Morgan fingerprint density at radius 2 is 2.12 bits per heavy atom. The van der Waals surface area contributed by atoms with Crippen molar-refractivity contribution >= 4 is 29.9 Å². The van der Waals surface area contributed by atoms with E-state index >= 15 is 0 Å². The molecule has 0 fully saturated rings. The third kappa shape index (κ3) is 4.38. The van der Waals surface area contributed by atoms with Crippen LogP contribution < -0.4 is 5.73 Å². The van der Waals surface area contributed by atoms with Crippen molar-refractivity contribution in [3.05, 3.63) is 18.0 Å². The smallest absolute Gasteiger partial charge is 0.191 e. The summed E-state index contributed by atoms with van der Waals surface area (Å²) >= 11 is 0. The Labute approximate surface area is 114 Å². The van der Waals surface area contributed by atoms with Crippen molar-refractivity contribution in [2.75, 3.05) is 13.1 Å². The average Bonchev–Trinajstić information content (AvgIpc) is 2.63. The summed E-state index contributed by atoms with van der Waals surface area (Å²) in [6.45, 7) is 6.50. The van der Waals surface area contributed by atoms with E-state index in [4.69, 9.17) is 5.73 Å². The Hall–Kier alpha value is -0.790. The maximum atomic E-state index is 5.84. The minimum Gasteiger partial charge on any atom is -0.370 e. The molecule has 0 aliphatic rings. The highest BCUT2D eigenvalue weighted by atomic mass is 127. The number of aryl methyl sites for hydroxylation is 1. The molecule has 0 aromatic carbocycles. The Morgan fingerprint density at radius 3 is 2.56 bits per heavy atom. The van der Waals surface area contributed by atoms with Crippen LogP contribution in [0.1, 0.15) is 19.4 Å². The van der Waals surface area contributed by atoms with Gasteiger partial charge in [0.25, 0.3) is 0 Å². The van der Waals surface area contributed by atoms with Crippen LogP contribution in [0, 0.1) is 0 Å². The average molecular weight is 337 g/mol. The molecule has 6 heteroatoms. The first kappa shape index (κ1) is 15.2. The molecule has 0 saturated heterocycles. The molecule has 0 amide bonds. The molecule has 1 heterocycles. The SMILES string of the molecule is CCN(CC)C(N)=NCc1cnn(C)c1.I. The van der Waals surface area contributed by atoms with Crippen LogP contribution >= 0.6 is 24.0 Å². The second-order valence-corrected chi connectivity index (χ2v) is 3.37. The summed E-state index contributed by atoms with van der Waals surface area (Å²) in [5, 5.41) is 4.07. The van der Waals surface area contributed by atoms with Gasteiger partial charge in [0.05, 0.1) is 12.7 Å². The monoisotopic (exact) mass is 337 g/mol. The van der Waals surface area contributed by atoms with Crippen LogP contribution in [-0.2, 0) is 13.6 Å². The molecular formula is C10H20IN5. The van der Waals surface area contributed by atoms with Crippen molar-refractivity contribution in [1.29, 1.82) is 0 Å². The molecule has 0 saturated carbocycles. The van der Waals surface area contributed by atoms with Gasteiger partial charge in [0.1, 0.15) is 0 Å². The summed E-state index contributed by atoms with van der Waals surface area (Å²) in [6.07, 6.45) is 3.75. The third-order valence-electron chi connectivity index (χ3n) is 2.27. The van der Waals surface area contributed by atoms with E-state index in [1.165, 1.54) is 0 Å². The Bertz CT molecular complexity index is 330. The van der Waals surface area contributed by atoms with Gasteiger partial charge in [-0.05, 0) is 13.8 Å². The van der Waals surface area contributed by atoms with Gasteiger partial charge < -0.3 is 10.6 Å².